The Hall–Kier alpha value is -1.72. The van der Waals surface area contributed by atoms with Crippen LogP contribution in [-0.2, 0) is 6.42 Å². The normalized spacial score (nSPS) is 18.0. The summed E-state index contributed by atoms with van der Waals surface area (Å²) in [5.74, 6) is 0.556. The Morgan fingerprint density at radius 2 is 2.16 bits per heavy atom. The average Bonchev–Trinajstić information content (AvgIpc) is 3.24. The van der Waals surface area contributed by atoms with Crippen LogP contribution in [0.3, 0.4) is 0 Å². The van der Waals surface area contributed by atoms with Gasteiger partial charge in [0.1, 0.15) is 0 Å². The van der Waals surface area contributed by atoms with Crippen molar-refractivity contribution >= 4 is 38.8 Å². The van der Waals surface area contributed by atoms with E-state index in [4.69, 9.17) is 4.98 Å². The highest BCUT2D eigenvalue weighted by molar-refractivity contribution is 7.18. The summed E-state index contributed by atoms with van der Waals surface area (Å²) in [4.78, 5) is 22.0. The van der Waals surface area contributed by atoms with Gasteiger partial charge in [0.05, 0.1) is 20.1 Å². The number of hydrogen-bond donors (Lipinski definition) is 0. The molecule has 0 spiro atoms. The summed E-state index contributed by atoms with van der Waals surface area (Å²) in [7, 11) is 0. The van der Waals surface area contributed by atoms with Crippen LogP contribution < -0.4 is 0 Å². The van der Waals surface area contributed by atoms with Crippen LogP contribution in [0.25, 0.3) is 10.2 Å². The van der Waals surface area contributed by atoms with Gasteiger partial charge < -0.3 is 4.90 Å². The molecule has 130 valence electrons. The van der Waals surface area contributed by atoms with Crippen molar-refractivity contribution < 1.29 is 4.79 Å². The smallest absolute Gasteiger partial charge is 0.263 e. The molecule has 1 aliphatic rings. The Kier molecular flexibility index (Phi) is 4.61. The minimum absolute atomic E-state index is 0.193. The Labute approximate surface area is 156 Å². The van der Waals surface area contributed by atoms with Crippen LogP contribution in [0.4, 0.5) is 0 Å². The monoisotopic (exact) mass is 370 g/mol. The Balaban J connectivity index is 1.54. The molecule has 3 nitrogen and oxygen atoms in total. The van der Waals surface area contributed by atoms with Gasteiger partial charge in [-0.2, -0.15) is 0 Å². The number of aromatic nitrogens is 1. The van der Waals surface area contributed by atoms with Gasteiger partial charge >= 0.3 is 0 Å². The molecule has 0 radical (unpaired) electrons. The molecule has 0 bridgehead atoms. The van der Waals surface area contributed by atoms with Gasteiger partial charge in [-0.05, 0) is 49.9 Å². The quantitative estimate of drug-likeness (QED) is 0.631. The molecular formula is C20H22N2OS2. The van der Waals surface area contributed by atoms with E-state index in [-0.39, 0.29) is 5.91 Å². The van der Waals surface area contributed by atoms with Crippen molar-refractivity contribution in [2.45, 2.75) is 39.0 Å². The summed E-state index contributed by atoms with van der Waals surface area (Å²) in [6.45, 7) is 5.90. The van der Waals surface area contributed by atoms with Crippen molar-refractivity contribution in [3.63, 3.8) is 0 Å². The molecule has 0 N–H and O–H groups in total. The summed E-state index contributed by atoms with van der Waals surface area (Å²) in [6.07, 6.45) is 3.17. The number of hydrogen-bond acceptors (Lipinski definition) is 4. The second kappa shape index (κ2) is 6.89. The van der Waals surface area contributed by atoms with E-state index in [9.17, 15) is 4.79 Å². The number of thiophene rings is 1. The molecule has 1 aromatic carbocycles. The molecule has 3 aromatic rings. The average molecular weight is 371 g/mol. The predicted molar refractivity (Wildman–Crippen MR) is 106 cm³/mol. The molecule has 0 aliphatic carbocycles. The molecule has 4 rings (SSSR count). The molecule has 0 saturated carbocycles. The van der Waals surface area contributed by atoms with Gasteiger partial charge in [-0.1, -0.05) is 19.1 Å². The lowest BCUT2D eigenvalue weighted by Gasteiger charge is -2.31. The standard InChI is InChI=1S/C20H22N2OS2/c1-3-16-13(2)11-18(24-16)20(23)22-10-6-7-14(12-22)19-21-15-8-4-5-9-17(15)25-19/h4-5,8-9,11,14H,3,6-7,10,12H2,1-2H3/t14-/m0/s1. The van der Waals surface area contributed by atoms with Gasteiger partial charge in [0.15, 0.2) is 0 Å². The lowest BCUT2D eigenvalue weighted by atomic mass is 9.98. The number of piperidine rings is 1. The molecule has 1 atom stereocenters. The SMILES string of the molecule is CCc1sc(C(=O)N2CCC[C@H](c3nc4ccccc4s3)C2)cc1C. The number of nitrogens with zero attached hydrogens (tertiary/aromatic N) is 2. The zero-order valence-corrected chi connectivity index (χ0v) is 16.3. The third kappa shape index (κ3) is 3.23. The topological polar surface area (TPSA) is 33.2 Å². The maximum Gasteiger partial charge on any atom is 0.263 e. The van der Waals surface area contributed by atoms with Crippen LogP contribution >= 0.6 is 22.7 Å². The van der Waals surface area contributed by atoms with E-state index < -0.39 is 0 Å². The van der Waals surface area contributed by atoms with Crippen molar-refractivity contribution in [1.82, 2.24) is 9.88 Å². The highest BCUT2D eigenvalue weighted by atomic mass is 32.1. The minimum Gasteiger partial charge on any atom is -0.337 e. The second-order valence-corrected chi connectivity index (χ2v) is 8.88. The number of rotatable bonds is 3. The molecular weight excluding hydrogens is 348 g/mol. The van der Waals surface area contributed by atoms with Crippen LogP contribution in [0.2, 0.25) is 0 Å². The van der Waals surface area contributed by atoms with Crippen molar-refractivity contribution in [2.75, 3.05) is 13.1 Å². The summed E-state index contributed by atoms with van der Waals surface area (Å²) in [5.41, 5.74) is 2.32. The maximum atomic E-state index is 12.9. The molecule has 1 fully saturated rings. The molecule has 1 amide bonds. The van der Waals surface area contributed by atoms with E-state index in [1.807, 2.05) is 11.0 Å². The zero-order valence-electron chi connectivity index (χ0n) is 14.6. The summed E-state index contributed by atoms with van der Waals surface area (Å²) >= 11 is 3.43. The van der Waals surface area contributed by atoms with E-state index in [2.05, 4.69) is 38.1 Å². The van der Waals surface area contributed by atoms with Gasteiger partial charge in [0.25, 0.3) is 5.91 Å². The third-order valence-electron chi connectivity index (χ3n) is 4.92. The minimum atomic E-state index is 0.193. The van der Waals surface area contributed by atoms with Crippen molar-refractivity contribution in [1.29, 1.82) is 0 Å². The van der Waals surface area contributed by atoms with Crippen LogP contribution in [0.15, 0.2) is 30.3 Å². The number of likely N-dealkylation sites (tertiary alicyclic amines) is 1. The molecule has 25 heavy (non-hydrogen) atoms. The summed E-state index contributed by atoms with van der Waals surface area (Å²) in [6, 6.07) is 10.4. The van der Waals surface area contributed by atoms with E-state index in [0.717, 1.165) is 42.7 Å². The number of aryl methyl sites for hydroxylation is 2. The van der Waals surface area contributed by atoms with E-state index in [0.29, 0.717) is 5.92 Å². The molecule has 1 aliphatic heterocycles. The molecule has 2 aromatic heterocycles. The second-order valence-electron chi connectivity index (χ2n) is 6.68. The fourth-order valence-electron chi connectivity index (χ4n) is 3.56. The van der Waals surface area contributed by atoms with Crippen LogP contribution in [0, 0.1) is 6.92 Å². The number of benzene rings is 1. The van der Waals surface area contributed by atoms with E-state index >= 15 is 0 Å². The molecule has 0 unspecified atom stereocenters. The third-order valence-corrected chi connectivity index (χ3v) is 7.49. The number of para-hydroxylation sites is 1. The molecule has 3 heterocycles. The van der Waals surface area contributed by atoms with Gasteiger partial charge in [-0.25, -0.2) is 4.98 Å². The Morgan fingerprint density at radius 3 is 2.92 bits per heavy atom. The number of carbonyl (C=O) groups is 1. The molecule has 1 saturated heterocycles. The number of fused-ring (bicyclic) bond motifs is 1. The first-order valence-electron chi connectivity index (χ1n) is 8.89. The van der Waals surface area contributed by atoms with Gasteiger partial charge in [0.2, 0.25) is 0 Å². The van der Waals surface area contributed by atoms with Gasteiger partial charge in [0, 0.05) is 23.9 Å². The Morgan fingerprint density at radius 1 is 1.32 bits per heavy atom. The largest absolute Gasteiger partial charge is 0.337 e. The first-order chi connectivity index (χ1) is 12.2. The highest BCUT2D eigenvalue weighted by Crippen LogP contribution is 2.34. The first kappa shape index (κ1) is 16.7. The summed E-state index contributed by atoms with van der Waals surface area (Å²) in [5, 5.41) is 1.18. The van der Waals surface area contributed by atoms with Crippen molar-refractivity contribution in [3.05, 3.63) is 50.7 Å². The first-order valence-corrected chi connectivity index (χ1v) is 10.5. The van der Waals surface area contributed by atoms with Gasteiger partial charge in [-0.15, -0.1) is 22.7 Å². The lowest BCUT2D eigenvalue weighted by Crippen LogP contribution is -2.38. The highest BCUT2D eigenvalue weighted by Gasteiger charge is 2.28. The predicted octanol–water partition coefficient (Wildman–Crippen LogP) is 5.25. The van der Waals surface area contributed by atoms with E-state index in [1.165, 1.54) is 20.1 Å². The summed E-state index contributed by atoms with van der Waals surface area (Å²) < 4.78 is 1.24. The number of amides is 1. The van der Waals surface area contributed by atoms with Crippen molar-refractivity contribution in [2.24, 2.45) is 0 Å². The zero-order chi connectivity index (χ0) is 17.4. The van der Waals surface area contributed by atoms with Crippen LogP contribution in [0.1, 0.15) is 50.8 Å². The van der Waals surface area contributed by atoms with E-state index in [1.54, 1.807) is 22.7 Å². The maximum absolute atomic E-state index is 12.9. The number of thiazole rings is 1. The fourth-order valence-corrected chi connectivity index (χ4v) is 5.73. The molecule has 5 heteroatoms. The number of carbonyl (C=O) groups excluding carboxylic acids is 1. The van der Waals surface area contributed by atoms with Crippen LogP contribution in [-0.4, -0.2) is 28.9 Å². The van der Waals surface area contributed by atoms with Crippen LogP contribution in [0.5, 0.6) is 0 Å². The van der Waals surface area contributed by atoms with Crippen molar-refractivity contribution in [3.8, 4) is 0 Å². The van der Waals surface area contributed by atoms with Gasteiger partial charge in [-0.3, -0.25) is 4.79 Å². The Bertz CT molecular complexity index is 878. The fraction of sp³-hybridized carbons (Fsp3) is 0.400. The lowest BCUT2D eigenvalue weighted by molar-refractivity contribution is 0.0712.